The van der Waals surface area contributed by atoms with Gasteiger partial charge in [-0.05, 0) is 25.5 Å². The quantitative estimate of drug-likeness (QED) is 0.706. The number of ether oxygens (including phenoxy) is 2. The van der Waals surface area contributed by atoms with Gasteiger partial charge in [0.05, 0.1) is 0 Å². The largest absolute Gasteiger partial charge is 0.573 e. The minimum atomic E-state index is -4.66. The van der Waals surface area contributed by atoms with Crippen LogP contribution in [-0.2, 0) is 11.3 Å². The molecule has 20 heavy (non-hydrogen) atoms. The molecule has 0 heterocycles. The first-order valence-electron chi connectivity index (χ1n) is 6.65. The van der Waals surface area contributed by atoms with Crippen molar-refractivity contribution in [2.75, 3.05) is 19.8 Å². The van der Waals surface area contributed by atoms with Crippen molar-refractivity contribution in [3.63, 3.8) is 0 Å². The zero-order chi connectivity index (χ0) is 14.8. The number of hydrogen-bond acceptors (Lipinski definition) is 3. The van der Waals surface area contributed by atoms with E-state index in [0.29, 0.717) is 25.3 Å². The van der Waals surface area contributed by atoms with Crippen molar-refractivity contribution in [1.29, 1.82) is 0 Å². The van der Waals surface area contributed by atoms with Crippen LogP contribution in [0.2, 0.25) is 0 Å². The van der Waals surface area contributed by atoms with Gasteiger partial charge in [0, 0.05) is 25.3 Å². The van der Waals surface area contributed by atoms with E-state index in [2.05, 4.69) is 10.1 Å². The van der Waals surface area contributed by atoms with Gasteiger partial charge >= 0.3 is 6.36 Å². The highest BCUT2D eigenvalue weighted by Gasteiger charge is 2.31. The Bertz CT molecular complexity index is 383. The topological polar surface area (TPSA) is 30.5 Å². The van der Waals surface area contributed by atoms with Crippen LogP contribution in [0, 0.1) is 0 Å². The lowest BCUT2D eigenvalue weighted by Crippen LogP contribution is -2.21. The molecule has 0 unspecified atom stereocenters. The Hall–Kier alpha value is -1.27. The van der Waals surface area contributed by atoms with Gasteiger partial charge in [0.15, 0.2) is 0 Å². The molecule has 0 saturated carbocycles. The summed E-state index contributed by atoms with van der Waals surface area (Å²) in [7, 11) is 0. The first kappa shape index (κ1) is 16.8. The SMILES string of the molecule is CCCOCCCNCc1ccccc1OC(F)(F)F. The second kappa shape index (κ2) is 8.81. The minimum absolute atomic E-state index is 0.158. The van der Waals surface area contributed by atoms with E-state index in [0.717, 1.165) is 19.4 Å². The third-order valence-corrected chi connectivity index (χ3v) is 2.50. The Morgan fingerprint density at radius 1 is 1.15 bits per heavy atom. The van der Waals surface area contributed by atoms with Crippen molar-refractivity contribution in [2.45, 2.75) is 32.7 Å². The molecule has 0 aliphatic carbocycles. The molecule has 0 aliphatic rings. The second-order valence-corrected chi connectivity index (χ2v) is 4.30. The molecule has 0 saturated heterocycles. The highest BCUT2D eigenvalue weighted by Crippen LogP contribution is 2.25. The molecular weight excluding hydrogens is 271 g/mol. The van der Waals surface area contributed by atoms with E-state index in [1.165, 1.54) is 12.1 Å². The fourth-order valence-electron chi connectivity index (χ4n) is 1.64. The first-order chi connectivity index (χ1) is 9.53. The average molecular weight is 291 g/mol. The molecule has 0 spiro atoms. The molecule has 114 valence electrons. The lowest BCUT2D eigenvalue weighted by atomic mass is 10.2. The maximum absolute atomic E-state index is 12.2. The second-order valence-electron chi connectivity index (χ2n) is 4.30. The monoisotopic (exact) mass is 291 g/mol. The summed E-state index contributed by atoms with van der Waals surface area (Å²) in [5.74, 6) is -0.158. The molecule has 0 fully saturated rings. The molecule has 6 heteroatoms. The summed E-state index contributed by atoms with van der Waals surface area (Å²) in [4.78, 5) is 0. The predicted molar refractivity (Wildman–Crippen MR) is 70.6 cm³/mol. The third kappa shape index (κ3) is 7.35. The van der Waals surface area contributed by atoms with Crippen molar-refractivity contribution in [3.8, 4) is 5.75 Å². The van der Waals surface area contributed by atoms with Gasteiger partial charge in [-0.3, -0.25) is 0 Å². The minimum Gasteiger partial charge on any atom is -0.405 e. The van der Waals surface area contributed by atoms with E-state index < -0.39 is 6.36 Å². The van der Waals surface area contributed by atoms with Gasteiger partial charge < -0.3 is 14.8 Å². The van der Waals surface area contributed by atoms with Crippen molar-refractivity contribution >= 4 is 0 Å². The average Bonchev–Trinajstić information content (AvgIpc) is 2.38. The lowest BCUT2D eigenvalue weighted by molar-refractivity contribution is -0.274. The summed E-state index contributed by atoms with van der Waals surface area (Å²) in [5.41, 5.74) is 0.485. The highest BCUT2D eigenvalue weighted by molar-refractivity contribution is 5.33. The van der Waals surface area contributed by atoms with Gasteiger partial charge in [-0.15, -0.1) is 13.2 Å². The molecule has 0 aromatic heterocycles. The Morgan fingerprint density at radius 3 is 2.60 bits per heavy atom. The van der Waals surface area contributed by atoms with E-state index in [9.17, 15) is 13.2 Å². The third-order valence-electron chi connectivity index (χ3n) is 2.50. The van der Waals surface area contributed by atoms with E-state index in [4.69, 9.17) is 4.74 Å². The number of rotatable bonds is 9. The van der Waals surface area contributed by atoms with Gasteiger partial charge in [0.2, 0.25) is 0 Å². The molecule has 1 aromatic carbocycles. The van der Waals surface area contributed by atoms with Gasteiger partial charge in [-0.25, -0.2) is 0 Å². The van der Waals surface area contributed by atoms with Crippen molar-refractivity contribution in [2.24, 2.45) is 0 Å². The molecule has 0 bridgehead atoms. The van der Waals surface area contributed by atoms with Crippen LogP contribution in [0.4, 0.5) is 13.2 Å². The number of hydrogen-bond donors (Lipinski definition) is 1. The zero-order valence-electron chi connectivity index (χ0n) is 11.5. The van der Waals surface area contributed by atoms with Crippen LogP contribution >= 0.6 is 0 Å². The predicted octanol–water partition coefficient (Wildman–Crippen LogP) is 3.49. The van der Waals surface area contributed by atoms with Gasteiger partial charge in [-0.1, -0.05) is 25.1 Å². The Balaban J connectivity index is 2.33. The fourth-order valence-corrected chi connectivity index (χ4v) is 1.64. The van der Waals surface area contributed by atoms with Crippen molar-refractivity contribution < 1.29 is 22.6 Å². The summed E-state index contributed by atoms with van der Waals surface area (Å²) >= 11 is 0. The zero-order valence-corrected chi connectivity index (χ0v) is 11.5. The Labute approximate surface area is 117 Å². The van der Waals surface area contributed by atoms with Gasteiger partial charge in [-0.2, -0.15) is 0 Å². The van der Waals surface area contributed by atoms with Crippen molar-refractivity contribution in [1.82, 2.24) is 5.32 Å². The molecule has 1 aromatic rings. The van der Waals surface area contributed by atoms with Crippen LogP contribution in [0.3, 0.4) is 0 Å². The standard InChI is InChI=1S/C14H20F3NO2/c1-2-9-19-10-5-8-18-11-12-6-3-4-7-13(12)20-14(15,16)17/h3-4,6-7,18H,2,5,8-11H2,1H3. The number of benzene rings is 1. The van der Waals surface area contributed by atoms with Crippen LogP contribution in [0.15, 0.2) is 24.3 Å². The Kier molecular flexibility index (Phi) is 7.40. The van der Waals surface area contributed by atoms with E-state index >= 15 is 0 Å². The molecule has 3 nitrogen and oxygen atoms in total. The van der Waals surface area contributed by atoms with Crippen LogP contribution in [0.1, 0.15) is 25.3 Å². The highest BCUT2D eigenvalue weighted by atomic mass is 19.4. The summed E-state index contributed by atoms with van der Waals surface area (Å²) < 4.78 is 46.0. The van der Waals surface area contributed by atoms with Gasteiger partial charge in [0.1, 0.15) is 5.75 Å². The van der Waals surface area contributed by atoms with Gasteiger partial charge in [0.25, 0.3) is 0 Å². The van der Waals surface area contributed by atoms with E-state index in [1.54, 1.807) is 12.1 Å². The molecule has 0 aliphatic heterocycles. The molecule has 1 rings (SSSR count). The fraction of sp³-hybridized carbons (Fsp3) is 0.571. The molecule has 0 atom stereocenters. The normalized spacial score (nSPS) is 11.6. The number of para-hydroxylation sites is 1. The number of halogens is 3. The molecule has 0 amide bonds. The summed E-state index contributed by atoms with van der Waals surface area (Å²) in [5, 5.41) is 3.08. The number of alkyl halides is 3. The summed E-state index contributed by atoms with van der Waals surface area (Å²) in [6.07, 6.45) is -2.86. The molecule has 1 N–H and O–H groups in total. The smallest absolute Gasteiger partial charge is 0.405 e. The summed E-state index contributed by atoms with van der Waals surface area (Å²) in [6, 6.07) is 6.13. The first-order valence-corrected chi connectivity index (χ1v) is 6.65. The molecule has 0 radical (unpaired) electrons. The lowest BCUT2D eigenvalue weighted by Gasteiger charge is -2.13. The summed E-state index contributed by atoms with van der Waals surface area (Å²) in [6.45, 7) is 4.45. The van der Waals surface area contributed by atoms with Crippen LogP contribution in [0.25, 0.3) is 0 Å². The Morgan fingerprint density at radius 2 is 1.90 bits per heavy atom. The van der Waals surface area contributed by atoms with E-state index in [-0.39, 0.29) is 5.75 Å². The van der Waals surface area contributed by atoms with Crippen LogP contribution < -0.4 is 10.1 Å². The van der Waals surface area contributed by atoms with Crippen LogP contribution in [-0.4, -0.2) is 26.1 Å². The number of nitrogens with one attached hydrogen (secondary N) is 1. The van der Waals surface area contributed by atoms with E-state index in [1.807, 2.05) is 6.92 Å². The van der Waals surface area contributed by atoms with Crippen LogP contribution in [0.5, 0.6) is 5.75 Å². The van der Waals surface area contributed by atoms with Crippen molar-refractivity contribution in [3.05, 3.63) is 29.8 Å². The maximum atomic E-state index is 12.2. The molecular formula is C14H20F3NO2. The maximum Gasteiger partial charge on any atom is 0.573 e.